The summed E-state index contributed by atoms with van der Waals surface area (Å²) in [4.78, 5) is 9.80. The van der Waals surface area contributed by atoms with Crippen LogP contribution in [-0.2, 0) is 21.7 Å². The van der Waals surface area contributed by atoms with Crippen LogP contribution in [-0.4, -0.2) is 19.6 Å². The van der Waals surface area contributed by atoms with E-state index in [0.717, 1.165) is 27.8 Å². The van der Waals surface area contributed by atoms with E-state index in [2.05, 4.69) is 31.8 Å². The van der Waals surface area contributed by atoms with Crippen molar-refractivity contribution in [3.63, 3.8) is 0 Å². The Morgan fingerprint density at radius 3 is 1.90 bits per heavy atom. The molecule has 0 aliphatic heterocycles. The number of imidazole rings is 1. The molecule has 9 aromatic rings. The molecule has 70 heavy (non-hydrogen) atoms. The highest BCUT2D eigenvalue weighted by Crippen LogP contribution is 2.45. The van der Waals surface area contributed by atoms with E-state index in [0.29, 0.717) is 44.4 Å². The van der Waals surface area contributed by atoms with Crippen molar-refractivity contribution in [3.8, 4) is 78.6 Å². The van der Waals surface area contributed by atoms with Crippen LogP contribution >= 0.6 is 0 Å². The molecule has 4 nitrogen and oxygen atoms in total. The second-order valence-electron chi connectivity index (χ2n) is 21.2. The van der Waals surface area contributed by atoms with E-state index >= 15 is 0 Å². The van der Waals surface area contributed by atoms with Crippen LogP contribution in [0.1, 0.15) is 142 Å². The third-order valence-corrected chi connectivity index (χ3v) is 12.8. The SMILES string of the molecule is [2H]c1nc(-c2cc(-c3cccc4c3nc(-c3cc(C(C)(C)C)cc(C)c3O)n4-c3ccc(-c4c(-c5ccccc5)cccc4C(C)(C)C)cc3C([2H])([2H])[2H])cc(C(C)(C)C)c2)c([2H])c(-c2c([2H])c([2H])c(C(C([2H])([2H])[2H])(C([2H])([2H])[2H])C([2H])([2H])[2H])c([2H])c2[2H])c1[2H]. The van der Waals surface area contributed by atoms with Crippen molar-refractivity contribution in [2.24, 2.45) is 0 Å². The normalized spacial score (nSPS) is 17.1. The lowest BCUT2D eigenvalue weighted by molar-refractivity contribution is 0.471. The number of fused-ring (bicyclic) bond motifs is 1. The van der Waals surface area contributed by atoms with Gasteiger partial charge in [0.15, 0.2) is 0 Å². The lowest BCUT2D eigenvalue weighted by Gasteiger charge is -2.26. The van der Waals surface area contributed by atoms with E-state index in [4.69, 9.17) is 22.8 Å². The van der Waals surface area contributed by atoms with Gasteiger partial charge < -0.3 is 5.11 Å². The minimum Gasteiger partial charge on any atom is -0.507 e. The van der Waals surface area contributed by atoms with Gasteiger partial charge in [-0.3, -0.25) is 9.55 Å². The molecule has 0 saturated carbocycles. The summed E-state index contributed by atoms with van der Waals surface area (Å²) in [7, 11) is 0. The molecule has 2 aromatic heterocycles. The third-order valence-electron chi connectivity index (χ3n) is 12.8. The van der Waals surface area contributed by atoms with Gasteiger partial charge in [-0.15, -0.1) is 0 Å². The van der Waals surface area contributed by atoms with Gasteiger partial charge in [-0.05, 0) is 156 Å². The lowest BCUT2D eigenvalue weighted by atomic mass is 9.78. The Morgan fingerprint density at radius 2 is 1.21 bits per heavy atom. The summed E-state index contributed by atoms with van der Waals surface area (Å²) >= 11 is 0. The van der Waals surface area contributed by atoms with E-state index in [1.807, 2.05) is 108 Å². The van der Waals surface area contributed by atoms with Crippen LogP contribution in [0.5, 0.6) is 5.75 Å². The standard InChI is InChI=1S/C66H69N3O/c1-41-34-46(59-52(44-20-16-15-17-21-44)22-18-24-55(59)66(12,13)14)28-31-57(41)69-58-25-19-23-53(60(58)68-62(69)54-40-50(64(6,7)8)35-42(2)61(54)70)47-36-48(38-51(37-47)65(9,10)11)56-39-45(32-33-67-56)43-26-29-49(30-27-43)63(3,4)5/h15-40,70H,1-14H3/i1D3,3D3,4D3,5D3,26D,27D,29D,30D,32D,33D,39D. The number of aryl methyl sites for hydroxylation is 2. The van der Waals surface area contributed by atoms with Crippen LogP contribution < -0.4 is 0 Å². The zero-order valence-corrected chi connectivity index (χ0v) is 41.3. The number of nitrogens with zero attached hydrogens (tertiary/aromatic N) is 3. The van der Waals surface area contributed by atoms with E-state index in [1.165, 1.54) is 0 Å². The molecular formula is C66H69N3O. The van der Waals surface area contributed by atoms with E-state index in [-0.39, 0.29) is 39.5 Å². The molecule has 0 aliphatic carbocycles. The van der Waals surface area contributed by atoms with Gasteiger partial charge in [0, 0.05) is 33.7 Å². The number of aromatic nitrogens is 3. The average molecular weight is 939 g/mol. The fraction of sp³-hybridized carbons (Fsp3) is 0.273. The Bertz CT molecular complexity index is 4240. The average Bonchev–Trinajstić information content (AvgIpc) is 1.48. The van der Waals surface area contributed by atoms with Crippen molar-refractivity contribution in [1.29, 1.82) is 0 Å². The Morgan fingerprint density at radius 1 is 0.529 bits per heavy atom. The second-order valence-corrected chi connectivity index (χ2v) is 21.2. The molecule has 1 N–H and O–H groups in total. The summed E-state index contributed by atoms with van der Waals surface area (Å²) in [5.74, 6) is 0.136. The minimum atomic E-state index is -3.95. The fourth-order valence-corrected chi connectivity index (χ4v) is 8.93. The number of aromatic hydroxyl groups is 1. The fourth-order valence-electron chi connectivity index (χ4n) is 8.93. The number of para-hydroxylation sites is 1. The van der Waals surface area contributed by atoms with Crippen molar-refractivity contribution in [2.45, 2.75) is 118 Å². The van der Waals surface area contributed by atoms with Gasteiger partial charge in [0.1, 0.15) is 11.6 Å². The van der Waals surface area contributed by atoms with E-state index in [9.17, 15) is 13.3 Å². The lowest BCUT2D eigenvalue weighted by Crippen LogP contribution is -2.13. The largest absolute Gasteiger partial charge is 0.507 e. The number of benzene rings is 7. The molecule has 0 saturated heterocycles. The smallest absolute Gasteiger partial charge is 0.149 e. The zero-order chi connectivity index (χ0) is 66.2. The van der Waals surface area contributed by atoms with E-state index in [1.54, 1.807) is 54.0 Å². The minimum absolute atomic E-state index is 0.000294. The number of pyridine rings is 1. The molecule has 0 atom stereocenters. The maximum absolute atomic E-state index is 12.2. The number of phenols is 1. The van der Waals surface area contributed by atoms with Crippen LogP contribution in [0.4, 0.5) is 0 Å². The highest BCUT2D eigenvalue weighted by Gasteiger charge is 2.27. The van der Waals surface area contributed by atoms with Gasteiger partial charge in [0.05, 0.1) is 37.6 Å². The third kappa shape index (κ3) is 9.25. The molecule has 0 spiro atoms. The predicted molar refractivity (Wildman–Crippen MR) is 297 cm³/mol. The Kier molecular flexibility index (Phi) is 7.56. The summed E-state index contributed by atoms with van der Waals surface area (Å²) in [6.07, 6.45) is -0.774. The molecular weight excluding hydrogens is 851 g/mol. The Hall–Kier alpha value is -7.04. The first-order chi connectivity index (χ1) is 40.9. The van der Waals surface area contributed by atoms with Gasteiger partial charge in [-0.1, -0.05) is 186 Å². The van der Waals surface area contributed by atoms with Crippen molar-refractivity contribution >= 4 is 11.0 Å². The molecule has 7 aromatic carbocycles. The van der Waals surface area contributed by atoms with Gasteiger partial charge in [-0.25, -0.2) is 4.98 Å². The highest BCUT2D eigenvalue weighted by atomic mass is 16.3. The molecule has 354 valence electrons. The van der Waals surface area contributed by atoms with Crippen LogP contribution in [0.15, 0.2) is 158 Å². The van der Waals surface area contributed by atoms with Crippen LogP contribution in [0.2, 0.25) is 0 Å². The maximum atomic E-state index is 12.2. The zero-order valence-electron chi connectivity index (χ0n) is 60.3. The van der Waals surface area contributed by atoms with Crippen molar-refractivity contribution in [1.82, 2.24) is 14.5 Å². The number of hydrogen-bond acceptors (Lipinski definition) is 3. The van der Waals surface area contributed by atoms with E-state index < -0.39 is 103 Å². The first-order valence-electron chi connectivity index (χ1n) is 32.8. The number of phenolic OH excluding ortho intramolecular Hbond substituents is 1. The maximum Gasteiger partial charge on any atom is 0.149 e. The highest BCUT2D eigenvalue weighted by molar-refractivity contribution is 5.97. The first-order valence-corrected chi connectivity index (χ1v) is 23.3. The molecule has 0 amide bonds. The van der Waals surface area contributed by atoms with Crippen LogP contribution in [0.3, 0.4) is 0 Å². The quantitative estimate of drug-likeness (QED) is 0.173. The van der Waals surface area contributed by atoms with Gasteiger partial charge >= 0.3 is 0 Å². The number of rotatable bonds is 7. The molecule has 2 heterocycles. The van der Waals surface area contributed by atoms with Gasteiger partial charge in [0.25, 0.3) is 0 Å². The molecule has 4 heteroatoms. The van der Waals surface area contributed by atoms with Crippen LogP contribution in [0, 0.1) is 13.8 Å². The molecule has 9 rings (SSSR count). The van der Waals surface area contributed by atoms with Crippen molar-refractivity contribution in [3.05, 3.63) is 191 Å². The Labute approximate surface area is 443 Å². The summed E-state index contributed by atoms with van der Waals surface area (Å²) in [6, 6.07) is 29.3. The summed E-state index contributed by atoms with van der Waals surface area (Å²) < 4.78 is 169. The van der Waals surface area contributed by atoms with Gasteiger partial charge in [-0.2, -0.15) is 0 Å². The predicted octanol–water partition coefficient (Wildman–Crippen LogP) is 17.9. The molecule has 0 fully saturated rings. The Balaban J connectivity index is 1.35. The topological polar surface area (TPSA) is 50.9 Å². The van der Waals surface area contributed by atoms with Crippen molar-refractivity contribution < 1.29 is 31.2 Å². The second kappa shape index (κ2) is 17.7. The first kappa shape index (κ1) is 29.9. The molecule has 0 aliphatic rings. The molecule has 0 radical (unpaired) electrons. The summed E-state index contributed by atoms with van der Waals surface area (Å²) in [5.41, 5.74) is 0.493. The molecule has 0 unspecified atom stereocenters. The molecule has 0 bridgehead atoms. The monoisotopic (exact) mass is 939 g/mol. The number of hydrogen-bond donors (Lipinski definition) is 1. The van der Waals surface area contributed by atoms with Gasteiger partial charge in [0.2, 0.25) is 0 Å². The van der Waals surface area contributed by atoms with Crippen molar-refractivity contribution in [2.75, 3.05) is 0 Å². The van der Waals surface area contributed by atoms with Crippen LogP contribution in [0.25, 0.3) is 83.9 Å². The summed E-state index contributed by atoms with van der Waals surface area (Å²) in [6.45, 7) is 5.48. The summed E-state index contributed by atoms with van der Waals surface area (Å²) in [5, 5.41) is 12.2.